The molecule has 1 saturated carbocycles. The minimum atomic E-state index is -0.563. The Labute approximate surface area is 181 Å². The lowest BCUT2D eigenvalue weighted by atomic mass is 9.88. The second kappa shape index (κ2) is 9.68. The Bertz CT molecular complexity index is 1000. The average Bonchev–Trinajstić information content (AvgIpc) is 2.75. The number of rotatable bonds is 5. The number of pyridine rings is 1. The zero-order chi connectivity index (χ0) is 22.5. The summed E-state index contributed by atoms with van der Waals surface area (Å²) in [6, 6.07) is 7.06. The summed E-state index contributed by atoms with van der Waals surface area (Å²) in [6.45, 7) is 1.64. The summed E-state index contributed by atoms with van der Waals surface area (Å²) in [5.41, 5.74) is 1.33. The van der Waals surface area contributed by atoms with E-state index in [0.29, 0.717) is 16.9 Å². The van der Waals surface area contributed by atoms with Crippen LogP contribution in [0.3, 0.4) is 0 Å². The molecule has 3 amide bonds. The largest absolute Gasteiger partial charge is 0.343 e. The van der Waals surface area contributed by atoms with Gasteiger partial charge in [0.05, 0.1) is 16.9 Å². The van der Waals surface area contributed by atoms with E-state index in [1.807, 2.05) is 0 Å². The monoisotopic (exact) mass is 426 g/mol. The SMILES string of the molecule is Cc1nc(C(=O)N(C)C)ccc1C(=O)Nc1ccc(F)c(NC(=O)C2CCCCC2)c1. The summed E-state index contributed by atoms with van der Waals surface area (Å²) in [5.74, 6) is -1.56. The maximum atomic E-state index is 14.2. The molecule has 3 rings (SSSR count). The van der Waals surface area contributed by atoms with Gasteiger partial charge < -0.3 is 15.5 Å². The summed E-state index contributed by atoms with van der Waals surface area (Å²) < 4.78 is 14.2. The minimum Gasteiger partial charge on any atom is -0.343 e. The smallest absolute Gasteiger partial charge is 0.271 e. The molecule has 0 saturated heterocycles. The van der Waals surface area contributed by atoms with Crippen LogP contribution in [0.1, 0.15) is 58.6 Å². The first-order chi connectivity index (χ1) is 14.8. The number of amides is 3. The summed E-state index contributed by atoms with van der Waals surface area (Å²) in [4.78, 5) is 42.8. The van der Waals surface area contributed by atoms with Crippen molar-refractivity contribution in [1.82, 2.24) is 9.88 Å². The first-order valence-electron chi connectivity index (χ1n) is 10.4. The van der Waals surface area contributed by atoms with E-state index in [-0.39, 0.29) is 29.1 Å². The molecule has 8 heteroatoms. The van der Waals surface area contributed by atoms with Gasteiger partial charge in [0.15, 0.2) is 0 Å². The quantitative estimate of drug-likeness (QED) is 0.756. The second-order valence-corrected chi connectivity index (χ2v) is 8.00. The van der Waals surface area contributed by atoms with Crippen molar-refractivity contribution in [2.24, 2.45) is 5.92 Å². The van der Waals surface area contributed by atoms with Crippen LogP contribution in [0.15, 0.2) is 30.3 Å². The molecule has 1 aromatic carbocycles. The van der Waals surface area contributed by atoms with E-state index in [1.165, 1.54) is 35.2 Å². The normalized spacial score (nSPS) is 14.1. The molecule has 0 radical (unpaired) electrons. The van der Waals surface area contributed by atoms with E-state index in [4.69, 9.17) is 0 Å². The molecular formula is C23H27FN4O3. The Morgan fingerprint density at radius 1 is 1.03 bits per heavy atom. The van der Waals surface area contributed by atoms with Crippen LogP contribution in [-0.2, 0) is 4.79 Å². The summed E-state index contributed by atoms with van der Waals surface area (Å²) in [5, 5.41) is 5.35. The Morgan fingerprint density at radius 3 is 2.39 bits per heavy atom. The molecule has 1 aliphatic carbocycles. The number of anilines is 2. The highest BCUT2D eigenvalue weighted by Crippen LogP contribution is 2.27. The number of halogens is 1. The molecule has 0 spiro atoms. The van der Waals surface area contributed by atoms with E-state index in [1.54, 1.807) is 21.0 Å². The summed E-state index contributed by atoms with van der Waals surface area (Å²) >= 11 is 0. The van der Waals surface area contributed by atoms with Crippen LogP contribution in [0.2, 0.25) is 0 Å². The molecule has 1 aliphatic rings. The standard InChI is InChI=1S/C23H27FN4O3/c1-14-17(10-12-19(25-14)23(31)28(2)3)22(30)26-16-9-11-18(24)20(13-16)27-21(29)15-7-5-4-6-8-15/h9-13,15H,4-8H2,1-3H3,(H,26,30)(H,27,29). The van der Waals surface area contributed by atoms with Crippen LogP contribution in [0, 0.1) is 18.7 Å². The molecule has 1 aromatic heterocycles. The van der Waals surface area contributed by atoms with E-state index in [2.05, 4.69) is 15.6 Å². The first-order valence-corrected chi connectivity index (χ1v) is 10.4. The minimum absolute atomic E-state index is 0.0372. The lowest BCUT2D eigenvalue weighted by molar-refractivity contribution is -0.120. The molecule has 0 unspecified atom stereocenters. The number of nitrogens with zero attached hydrogens (tertiary/aromatic N) is 2. The van der Waals surface area contributed by atoms with E-state index in [9.17, 15) is 18.8 Å². The number of hydrogen-bond donors (Lipinski definition) is 2. The van der Waals surface area contributed by atoms with Gasteiger partial charge in [0.1, 0.15) is 11.5 Å². The molecule has 7 nitrogen and oxygen atoms in total. The molecule has 2 aromatic rings. The number of hydrogen-bond acceptors (Lipinski definition) is 4. The number of carbonyl (C=O) groups is 3. The molecular weight excluding hydrogens is 399 g/mol. The topological polar surface area (TPSA) is 91.4 Å². The molecule has 0 aliphatic heterocycles. The van der Waals surface area contributed by atoms with Gasteiger partial charge in [0, 0.05) is 25.7 Å². The molecule has 164 valence electrons. The number of aryl methyl sites for hydroxylation is 1. The molecule has 1 heterocycles. The maximum Gasteiger partial charge on any atom is 0.271 e. The Kier molecular flexibility index (Phi) is 6.99. The van der Waals surface area contributed by atoms with Crippen LogP contribution in [-0.4, -0.2) is 41.7 Å². The fourth-order valence-corrected chi connectivity index (χ4v) is 3.65. The Hall–Kier alpha value is -3.29. The Morgan fingerprint density at radius 2 is 1.74 bits per heavy atom. The summed E-state index contributed by atoms with van der Waals surface area (Å²) in [7, 11) is 3.25. The van der Waals surface area contributed by atoms with Crippen molar-refractivity contribution in [2.45, 2.75) is 39.0 Å². The highest BCUT2D eigenvalue weighted by Gasteiger charge is 2.22. The van der Waals surface area contributed by atoms with Crippen molar-refractivity contribution < 1.29 is 18.8 Å². The van der Waals surface area contributed by atoms with Crippen LogP contribution in [0.25, 0.3) is 0 Å². The van der Waals surface area contributed by atoms with Crippen molar-refractivity contribution in [3.8, 4) is 0 Å². The van der Waals surface area contributed by atoms with Gasteiger partial charge in [-0.3, -0.25) is 14.4 Å². The lowest BCUT2D eigenvalue weighted by Gasteiger charge is -2.21. The van der Waals surface area contributed by atoms with Gasteiger partial charge >= 0.3 is 0 Å². The first kappa shape index (κ1) is 22.4. The number of nitrogens with one attached hydrogen (secondary N) is 2. The van der Waals surface area contributed by atoms with Gasteiger partial charge in [-0.1, -0.05) is 19.3 Å². The third-order valence-corrected chi connectivity index (χ3v) is 5.41. The fourth-order valence-electron chi connectivity index (χ4n) is 3.65. The van der Waals surface area contributed by atoms with Crippen molar-refractivity contribution in [2.75, 3.05) is 24.7 Å². The van der Waals surface area contributed by atoms with Crippen LogP contribution in [0.5, 0.6) is 0 Å². The predicted octanol–water partition coefficient (Wildman–Crippen LogP) is 4.00. The van der Waals surface area contributed by atoms with E-state index < -0.39 is 11.7 Å². The highest BCUT2D eigenvalue weighted by molar-refractivity contribution is 6.06. The molecule has 0 bridgehead atoms. The molecule has 1 fully saturated rings. The van der Waals surface area contributed by atoms with Crippen molar-refractivity contribution in [3.05, 3.63) is 53.1 Å². The van der Waals surface area contributed by atoms with Gasteiger partial charge in [0.25, 0.3) is 11.8 Å². The molecule has 2 N–H and O–H groups in total. The highest BCUT2D eigenvalue weighted by atomic mass is 19.1. The number of carbonyl (C=O) groups excluding carboxylic acids is 3. The van der Waals surface area contributed by atoms with Crippen molar-refractivity contribution in [3.63, 3.8) is 0 Å². The fraction of sp³-hybridized carbons (Fsp3) is 0.391. The third-order valence-electron chi connectivity index (χ3n) is 5.41. The molecule has 0 atom stereocenters. The van der Waals surface area contributed by atoms with Gasteiger partial charge in [0.2, 0.25) is 5.91 Å². The zero-order valence-corrected chi connectivity index (χ0v) is 18.0. The molecule has 31 heavy (non-hydrogen) atoms. The van der Waals surface area contributed by atoms with Gasteiger partial charge in [-0.25, -0.2) is 9.37 Å². The van der Waals surface area contributed by atoms with Crippen LogP contribution < -0.4 is 10.6 Å². The van der Waals surface area contributed by atoms with Crippen molar-refractivity contribution in [1.29, 1.82) is 0 Å². The van der Waals surface area contributed by atoms with Gasteiger partial charge in [-0.15, -0.1) is 0 Å². The lowest BCUT2D eigenvalue weighted by Crippen LogP contribution is -2.25. The Balaban J connectivity index is 1.72. The van der Waals surface area contributed by atoms with Gasteiger partial charge in [-0.05, 0) is 50.1 Å². The second-order valence-electron chi connectivity index (χ2n) is 8.00. The number of benzene rings is 1. The van der Waals surface area contributed by atoms with Crippen LogP contribution in [0.4, 0.5) is 15.8 Å². The average molecular weight is 426 g/mol. The van der Waals surface area contributed by atoms with Crippen molar-refractivity contribution >= 4 is 29.1 Å². The summed E-state index contributed by atoms with van der Waals surface area (Å²) in [6.07, 6.45) is 4.75. The van der Waals surface area contributed by atoms with Gasteiger partial charge in [-0.2, -0.15) is 0 Å². The van der Waals surface area contributed by atoms with E-state index >= 15 is 0 Å². The van der Waals surface area contributed by atoms with E-state index in [0.717, 1.165) is 32.1 Å². The number of aromatic nitrogens is 1. The predicted molar refractivity (Wildman–Crippen MR) is 117 cm³/mol. The third kappa shape index (κ3) is 5.45. The maximum absolute atomic E-state index is 14.2. The zero-order valence-electron chi connectivity index (χ0n) is 18.0. The van der Waals surface area contributed by atoms with Crippen LogP contribution >= 0.6 is 0 Å².